The van der Waals surface area contributed by atoms with Gasteiger partial charge in [0.1, 0.15) is 18.2 Å². The predicted octanol–water partition coefficient (Wildman–Crippen LogP) is 1.54. The minimum atomic E-state index is -0.295. The number of aromatic nitrogens is 3. The highest BCUT2D eigenvalue weighted by Crippen LogP contribution is 2.12. The average Bonchev–Trinajstić information content (AvgIpc) is 2.77. The second kappa shape index (κ2) is 4.92. The molecule has 17 heavy (non-hydrogen) atoms. The summed E-state index contributed by atoms with van der Waals surface area (Å²) < 4.78 is 18.0. The van der Waals surface area contributed by atoms with Crippen molar-refractivity contribution in [3.8, 4) is 5.75 Å². The number of H-pyrrole nitrogens is 1. The van der Waals surface area contributed by atoms with Gasteiger partial charge in [-0.1, -0.05) is 0 Å². The number of ether oxygens (including phenoxy) is 1. The molecule has 0 spiro atoms. The maximum absolute atomic E-state index is 12.6. The normalized spacial score (nSPS) is 12.4. The molecule has 0 saturated carbocycles. The zero-order chi connectivity index (χ0) is 12.3. The highest BCUT2D eigenvalue weighted by Gasteiger charge is 2.07. The number of hydrogen-bond acceptors (Lipinski definition) is 4. The van der Waals surface area contributed by atoms with E-state index in [1.807, 2.05) is 0 Å². The summed E-state index contributed by atoms with van der Waals surface area (Å²) in [5, 5.41) is 6.67. The Bertz CT molecular complexity index is 480. The first kappa shape index (κ1) is 11.5. The van der Waals surface area contributed by atoms with Gasteiger partial charge in [0.15, 0.2) is 11.6 Å². The lowest BCUT2D eigenvalue weighted by molar-refractivity contribution is 0.296. The molecule has 2 rings (SSSR count). The molecule has 2 aromatic rings. The van der Waals surface area contributed by atoms with Crippen LogP contribution >= 0.6 is 0 Å². The molecule has 1 heterocycles. The lowest BCUT2D eigenvalue weighted by Gasteiger charge is -2.02. The van der Waals surface area contributed by atoms with Crippen LogP contribution < -0.4 is 10.5 Å². The lowest BCUT2D eigenvalue weighted by atomic mass is 10.3. The first-order chi connectivity index (χ1) is 8.15. The van der Waals surface area contributed by atoms with Gasteiger partial charge in [-0.2, -0.15) is 5.10 Å². The fraction of sp³-hybridized carbons (Fsp3) is 0.273. The molecule has 3 N–H and O–H groups in total. The quantitative estimate of drug-likeness (QED) is 0.844. The first-order valence-electron chi connectivity index (χ1n) is 5.20. The summed E-state index contributed by atoms with van der Waals surface area (Å²) in [6, 6.07) is 5.56. The van der Waals surface area contributed by atoms with Crippen molar-refractivity contribution < 1.29 is 9.13 Å². The molecule has 0 aliphatic carbocycles. The molecule has 0 aliphatic rings. The topological polar surface area (TPSA) is 76.8 Å². The number of nitrogens with one attached hydrogen (secondary N) is 1. The molecule has 0 saturated heterocycles. The first-order valence-corrected chi connectivity index (χ1v) is 5.20. The fourth-order valence-corrected chi connectivity index (χ4v) is 1.26. The molecule has 5 nitrogen and oxygen atoms in total. The van der Waals surface area contributed by atoms with Crippen LogP contribution in [0.2, 0.25) is 0 Å². The van der Waals surface area contributed by atoms with E-state index in [-0.39, 0.29) is 18.5 Å². The number of rotatable bonds is 4. The highest BCUT2D eigenvalue weighted by molar-refractivity contribution is 5.22. The van der Waals surface area contributed by atoms with E-state index in [4.69, 9.17) is 10.5 Å². The summed E-state index contributed by atoms with van der Waals surface area (Å²) in [5.41, 5.74) is 5.62. The minimum absolute atomic E-state index is 0.217. The standard InChI is InChI=1S/C11H13FN4O/c1-7(13)11-14-10(15-16-11)6-17-9-4-2-8(12)3-5-9/h2-5,7H,6,13H2,1H3,(H,14,15,16)/t7-/m1/s1. The summed E-state index contributed by atoms with van der Waals surface area (Å²) in [7, 11) is 0. The van der Waals surface area contributed by atoms with E-state index in [2.05, 4.69) is 15.2 Å². The monoisotopic (exact) mass is 236 g/mol. The molecular weight excluding hydrogens is 223 g/mol. The maximum atomic E-state index is 12.6. The molecule has 90 valence electrons. The van der Waals surface area contributed by atoms with Gasteiger partial charge in [-0.25, -0.2) is 9.37 Å². The Morgan fingerprint density at radius 1 is 1.41 bits per heavy atom. The van der Waals surface area contributed by atoms with Crippen molar-refractivity contribution in [2.75, 3.05) is 0 Å². The summed E-state index contributed by atoms with van der Waals surface area (Å²) in [6.07, 6.45) is 0. The largest absolute Gasteiger partial charge is 0.486 e. The predicted molar refractivity (Wildman–Crippen MR) is 59.7 cm³/mol. The third-order valence-corrected chi connectivity index (χ3v) is 2.15. The Morgan fingerprint density at radius 2 is 2.12 bits per heavy atom. The van der Waals surface area contributed by atoms with Crippen molar-refractivity contribution in [2.24, 2.45) is 5.73 Å². The van der Waals surface area contributed by atoms with Crippen LogP contribution in [0.5, 0.6) is 5.75 Å². The summed E-state index contributed by atoms with van der Waals surface area (Å²) >= 11 is 0. The smallest absolute Gasteiger partial charge is 0.167 e. The molecule has 0 radical (unpaired) electrons. The highest BCUT2D eigenvalue weighted by atomic mass is 19.1. The molecule has 1 atom stereocenters. The Hall–Kier alpha value is -1.95. The third-order valence-electron chi connectivity index (χ3n) is 2.15. The Labute approximate surface area is 97.8 Å². The van der Waals surface area contributed by atoms with Gasteiger partial charge in [-0.3, -0.25) is 5.10 Å². The molecule has 0 fully saturated rings. The summed E-state index contributed by atoms with van der Waals surface area (Å²) in [4.78, 5) is 4.15. The number of aromatic amines is 1. The van der Waals surface area contributed by atoms with Gasteiger partial charge < -0.3 is 10.5 Å². The van der Waals surface area contributed by atoms with Crippen LogP contribution in [0.3, 0.4) is 0 Å². The average molecular weight is 236 g/mol. The number of hydrogen-bond donors (Lipinski definition) is 2. The third kappa shape index (κ3) is 3.01. The molecule has 6 heteroatoms. The molecule has 0 aliphatic heterocycles. The Kier molecular flexibility index (Phi) is 3.34. The molecular formula is C11H13FN4O. The second-order valence-electron chi connectivity index (χ2n) is 3.67. The van der Waals surface area contributed by atoms with Crippen molar-refractivity contribution in [1.29, 1.82) is 0 Å². The summed E-state index contributed by atoms with van der Waals surface area (Å²) in [5.74, 6) is 1.41. The zero-order valence-electron chi connectivity index (χ0n) is 9.35. The molecule has 1 aromatic heterocycles. The summed E-state index contributed by atoms with van der Waals surface area (Å²) in [6.45, 7) is 2.04. The van der Waals surface area contributed by atoms with Gasteiger partial charge in [0, 0.05) is 0 Å². The molecule has 0 unspecified atom stereocenters. The number of halogens is 1. The van der Waals surface area contributed by atoms with Gasteiger partial charge in [0.05, 0.1) is 6.04 Å². The van der Waals surface area contributed by atoms with Crippen LogP contribution in [0.15, 0.2) is 24.3 Å². The van der Waals surface area contributed by atoms with Crippen LogP contribution in [-0.2, 0) is 6.61 Å². The van der Waals surface area contributed by atoms with Crippen LogP contribution in [-0.4, -0.2) is 15.2 Å². The maximum Gasteiger partial charge on any atom is 0.167 e. The minimum Gasteiger partial charge on any atom is -0.486 e. The number of benzene rings is 1. The van der Waals surface area contributed by atoms with Crippen molar-refractivity contribution in [2.45, 2.75) is 19.6 Å². The Balaban J connectivity index is 1.95. The van der Waals surface area contributed by atoms with E-state index in [9.17, 15) is 4.39 Å². The molecule has 0 amide bonds. The van der Waals surface area contributed by atoms with Gasteiger partial charge >= 0.3 is 0 Å². The van der Waals surface area contributed by atoms with E-state index >= 15 is 0 Å². The van der Waals surface area contributed by atoms with Gasteiger partial charge in [0.2, 0.25) is 0 Å². The van der Waals surface area contributed by atoms with Crippen molar-refractivity contribution in [3.63, 3.8) is 0 Å². The van der Waals surface area contributed by atoms with Gasteiger partial charge in [-0.15, -0.1) is 0 Å². The number of nitrogens with two attached hydrogens (primary N) is 1. The lowest BCUT2D eigenvalue weighted by Crippen LogP contribution is -2.07. The van der Waals surface area contributed by atoms with Crippen molar-refractivity contribution in [1.82, 2.24) is 15.2 Å². The van der Waals surface area contributed by atoms with Gasteiger partial charge in [0.25, 0.3) is 0 Å². The van der Waals surface area contributed by atoms with E-state index in [0.717, 1.165) is 0 Å². The van der Waals surface area contributed by atoms with E-state index in [1.54, 1.807) is 19.1 Å². The SMILES string of the molecule is C[C@@H](N)c1n[nH]c(COc2ccc(F)cc2)n1. The van der Waals surface area contributed by atoms with E-state index in [1.165, 1.54) is 12.1 Å². The van der Waals surface area contributed by atoms with E-state index < -0.39 is 0 Å². The van der Waals surface area contributed by atoms with Crippen LogP contribution in [0.4, 0.5) is 4.39 Å². The Morgan fingerprint density at radius 3 is 2.71 bits per heavy atom. The van der Waals surface area contributed by atoms with Crippen LogP contribution in [0, 0.1) is 5.82 Å². The van der Waals surface area contributed by atoms with Crippen molar-refractivity contribution in [3.05, 3.63) is 41.7 Å². The fourth-order valence-electron chi connectivity index (χ4n) is 1.26. The van der Waals surface area contributed by atoms with Crippen LogP contribution in [0.1, 0.15) is 24.6 Å². The van der Waals surface area contributed by atoms with E-state index in [0.29, 0.717) is 17.4 Å². The zero-order valence-corrected chi connectivity index (χ0v) is 9.35. The van der Waals surface area contributed by atoms with Crippen molar-refractivity contribution >= 4 is 0 Å². The van der Waals surface area contributed by atoms with Crippen LogP contribution in [0.25, 0.3) is 0 Å². The van der Waals surface area contributed by atoms with Gasteiger partial charge in [-0.05, 0) is 31.2 Å². The number of nitrogens with zero attached hydrogens (tertiary/aromatic N) is 2. The molecule has 1 aromatic carbocycles. The second-order valence-corrected chi connectivity index (χ2v) is 3.67. The molecule has 0 bridgehead atoms.